The molecule has 0 saturated carbocycles. The summed E-state index contributed by atoms with van der Waals surface area (Å²) >= 11 is 0. The molecule has 0 radical (unpaired) electrons. The van der Waals surface area contributed by atoms with E-state index in [9.17, 15) is 13.2 Å². The van der Waals surface area contributed by atoms with Crippen LogP contribution in [0.2, 0.25) is 0 Å². The average molecular weight is 580 g/mol. The molecule has 3 heterocycles. The van der Waals surface area contributed by atoms with Crippen molar-refractivity contribution in [2.75, 3.05) is 24.5 Å². The van der Waals surface area contributed by atoms with E-state index in [0.717, 1.165) is 3.97 Å². The van der Waals surface area contributed by atoms with Crippen molar-refractivity contribution in [3.8, 4) is 11.1 Å². The van der Waals surface area contributed by atoms with E-state index in [1.165, 1.54) is 18.6 Å². The van der Waals surface area contributed by atoms with Crippen molar-refractivity contribution in [3.05, 3.63) is 78.5 Å². The van der Waals surface area contributed by atoms with Crippen LogP contribution in [0.5, 0.6) is 0 Å². The number of carbonyl (C=O) groups is 1. The topological polar surface area (TPSA) is 97.6 Å². The Morgan fingerprint density at radius 2 is 1.68 bits per heavy atom. The van der Waals surface area contributed by atoms with Gasteiger partial charge in [0.05, 0.1) is 16.7 Å². The Morgan fingerprint density at radius 1 is 1.00 bits per heavy atom. The van der Waals surface area contributed by atoms with Gasteiger partial charge in [0, 0.05) is 37.0 Å². The molecule has 0 N–H and O–H groups in total. The molecule has 216 valence electrons. The molecule has 1 aliphatic heterocycles. The van der Waals surface area contributed by atoms with Gasteiger partial charge < -0.3 is 9.64 Å². The predicted molar refractivity (Wildman–Crippen MR) is 157 cm³/mol. The van der Waals surface area contributed by atoms with Gasteiger partial charge >= 0.3 is 6.09 Å². The molecule has 1 saturated heterocycles. The summed E-state index contributed by atoms with van der Waals surface area (Å²) < 4.78 is 49.3. The normalized spacial score (nSPS) is 15.8. The van der Waals surface area contributed by atoms with Gasteiger partial charge in [-0.05, 0) is 46.2 Å². The van der Waals surface area contributed by atoms with E-state index < -0.39 is 33.1 Å². The number of amides is 1. The lowest BCUT2D eigenvalue weighted by atomic mass is 9.98. The summed E-state index contributed by atoms with van der Waals surface area (Å²) in [6, 6.07) is 15.1. The maximum absolute atomic E-state index is 15.2. The van der Waals surface area contributed by atoms with Crippen LogP contribution in [0.25, 0.3) is 22.2 Å². The molecule has 2 aromatic heterocycles. The molecule has 9 nitrogen and oxygen atoms in total. The molecule has 1 fully saturated rings. The zero-order chi connectivity index (χ0) is 29.6. The fraction of sp³-hybridized carbons (Fsp3) is 0.367. The van der Waals surface area contributed by atoms with Crippen LogP contribution >= 0.6 is 0 Å². The van der Waals surface area contributed by atoms with Gasteiger partial charge in [-0.1, -0.05) is 48.5 Å². The molecule has 0 aliphatic carbocycles. The highest BCUT2D eigenvalue weighted by Gasteiger charge is 2.40. The fourth-order valence-corrected chi connectivity index (χ4v) is 6.62. The van der Waals surface area contributed by atoms with Gasteiger partial charge in [0.25, 0.3) is 0 Å². The number of rotatable bonds is 5. The van der Waals surface area contributed by atoms with E-state index >= 15 is 4.39 Å². The number of hydrogen-bond acceptors (Lipinski definition) is 7. The van der Waals surface area contributed by atoms with Crippen molar-refractivity contribution in [1.82, 2.24) is 18.8 Å². The van der Waals surface area contributed by atoms with E-state index in [0.29, 0.717) is 42.0 Å². The summed E-state index contributed by atoms with van der Waals surface area (Å²) in [6.07, 6.45) is 2.35. The third kappa shape index (κ3) is 5.76. The third-order valence-electron chi connectivity index (χ3n) is 7.00. The van der Waals surface area contributed by atoms with Gasteiger partial charge in [0.1, 0.15) is 23.6 Å². The maximum atomic E-state index is 15.2. The zero-order valence-corrected chi connectivity index (χ0v) is 24.7. The Bertz CT molecular complexity index is 1700. The van der Waals surface area contributed by atoms with Crippen molar-refractivity contribution in [1.29, 1.82) is 0 Å². The SMILES string of the molecule is CC(C)(C)OC(=O)N1CCN(c2ncnc3c2c(-c2ccccc2F)cn3S(=O)(=O)Cc2ccccc2)CC1(C)C. The van der Waals surface area contributed by atoms with Crippen molar-refractivity contribution in [2.24, 2.45) is 0 Å². The first-order valence-corrected chi connectivity index (χ1v) is 15.0. The van der Waals surface area contributed by atoms with Gasteiger partial charge in [0.2, 0.25) is 10.0 Å². The Kier molecular flexibility index (Phi) is 7.27. The zero-order valence-electron chi connectivity index (χ0n) is 23.8. The number of ether oxygens (including phenoxy) is 1. The molecule has 11 heteroatoms. The third-order valence-corrected chi connectivity index (χ3v) is 8.58. The first-order valence-electron chi connectivity index (χ1n) is 13.4. The molecule has 41 heavy (non-hydrogen) atoms. The van der Waals surface area contributed by atoms with Crippen molar-refractivity contribution in [3.63, 3.8) is 0 Å². The lowest BCUT2D eigenvalue weighted by Crippen LogP contribution is -2.62. The standard InChI is InChI=1S/C30H34FN5O4S/c1-29(2,3)40-28(37)35-16-15-34(19-30(35,4)5)26-25-23(22-13-9-10-14-24(22)31)17-36(27(25)33-20-32-26)41(38,39)18-21-11-7-6-8-12-21/h6-14,17,20H,15-16,18-19H2,1-5H3. The smallest absolute Gasteiger partial charge is 0.410 e. The fourth-order valence-electron chi connectivity index (χ4n) is 5.20. The number of nitrogens with zero attached hydrogens (tertiary/aromatic N) is 5. The summed E-state index contributed by atoms with van der Waals surface area (Å²) in [6.45, 7) is 10.5. The lowest BCUT2D eigenvalue weighted by Gasteiger charge is -2.47. The van der Waals surface area contributed by atoms with E-state index in [4.69, 9.17) is 4.74 Å². The minimum absolute atomic E-state index is 0.163. The van der Waals surface area contributed by atoms with Gasteiger partial charge in [-0.2, -0.15) is 0 Å². The molecule has 2 aromatic carbocycles. The number of carbonyl (C=O) groups excluding carboxylic acids is 1. The highest BCUT2D eigenvalue weighted by molar-refractivity contribution is 7.89. The second kappa shape index (κ2) is 10.4. The molecular weight excluding hydrogens is 545 g/mol. The van der Waals surface area contributed by atoms with E-state index in [1.807, 2.05) is 45.6 Å². The summed E-state index contributed by atoms with van der Waals surface area (Å²) in [5.74, 6) is -0.273. The first kappa shape index (κ1) is 28.5. The van der Waals surface area contributed by atoms with Crippen molar-refractivity contribution >= 4 is 33.0 Å². The van der Waals surface area contributed by atoms with Crippen LogP contribution in [0.3, 0.4) is 0 Å². The number of benzene rings is 2. The predicted octanol–water partition coefficient (Wildman–Crippen LogP) is 5.45. The Balaban J connectivity index is 1.61. The van der Waals surface area contributed by atoms with E-state index in [2.05, 4.69) is 9.97 Å². The number of halogens is 1. The molecule has 1 aliphatic rings. The summed E-state index contributed by atoms with van der Waals surface area (Å²) in [4.78, 5) is 25.6. The van der Waals surface area contributed by atoms with Crippen LogP contribution in [0.4, 0.5) is 15.0 Å². The van der Waals surface area contributed by atoms with Gasteiger partial charge in [-0.25, -0.2) is 31.5 Å². The first-order chi connectivity index (χ1) is 19.3. The quantitative estimate of drug-likeness (QED) is 0.310. The molecule has 5 rings (SSSR count). The number of hydrogen-bond donors (Lipinski definition) is 0. The second-order valence-electron chi connectivity index (χ2n) is 11.8. The van der Waals surface area contributed by atoms with Gasteiger partial charge in [-0.3, -0.25) is 4.90 Å². The minimum Gasteiger partial charge on any atom is -0.444 e. The van der Waals surface area contributed by atoms with E-state index in [1.54, 1.807) is 47.4 Å². The lowest BCUT2D eigenvalue weighted by molar-refractivity contribution is 0.000329. The van der Waals surface area contributed by atoms with Crippen molar-refractivity contribution in [2.45, 2.75) is 51.5 Å². The highest BCUT2D eigenvalue weighted by Crippen LogP contribution is 2.39. The van der Waals surface area contributed by atoms with E-state index in [-0.39, 0.29) is 17.0 Å². The molecule has 4 aromatic rings. The maximum Gasteiger partial charge on any atom is 0.410 e. The second-order valence-corrected chi connectivity index (χ2v) is 13.7. The molecule has 0 bridgehead atoms. The molecular formula is C30H34FN5O4S. The molecule has 1 amide bonds. The molecule has 0 atom stereocenters. The minimum atomic E-state index is -3.93. The number of aromatic nitrogens is 3. The average Bonchev–Trinajstić information content (AvgIpc) is 3.28. The van der Waals surface area contributed by atoms with Crippen LogP contribution in [-0.2, 0) is 20.5 Å². The molecule has 0 unspecified atom stereocenters. The van der Waals surface area contributed by atoms with Crippen LogP contribution < -0.4 is 4.90 Å². The van der Waals surface area contributed by atoms with Gasteiger partial charge in [0.15, 0.2) is 5.65 Å². The Hall–Kier alpha value is -3.99. The van der Waals surface area contributed by atoms with Crippen LogP contribution in [-0.4, -0.2) is 64.1 Å². The highest BCUT2D eigenvalue weighted by atomic mass is 32.2. The summed E-state index contributed by atoms with van der Waals surface area (Å²) in [5, 5.41) is 0.427. The van der Waals surface area contributed by atoms with Crippen molar-refractivity contribution < 1.29 is 22.3 Å². The van der Waals surface area contributed by atoms with Gasteiger partial charge in [-0.15, -0.1) is 0 Å². The van der Waals surface area contributed by atoms with Crippen LogP contribution in [0.15, 0.2) is 67.1 Å². The number of anilines is 1. The summed E-state index contributed by atoms with van der Waals surface area (Å²) in [5.41, 5.74) is 0.128. The monoisotopic (exact) mass is 579 g/mol. The number of piperazine rings is 1. The largest absolute Gasteiger partial charge is 0.444 e. The number of fused-ring (bicyclic) bond motifs is 1. The Morgan fingerprint density at radius 3 is 2.34 bits per heavy atom. The summed E-state index contributed by atoms with van der Waals surface area (Å²) in [7, 11) is -3.93. The Labute approximate surface area is 239 Å². The van der Waals surface area contributed by atoms with Crippen LogP contribution in [0, 0.1) is 5.82 Å². The molecule has 0 spiro atoms. The van der Waals surface area contributed by atoms with Crippen LogP contribution in [0.1, 0.15) is 40.2 Å².